The number of carboxylic acid groups (broad SMARTS) is 1. The number of ketones is 1. The first kappa shape index (κ1) is 22.5. The highest BCUT2D eigenvalue weighted by Gasteiger charge is 2.32. The van der Waals surface area contributed by atoms with Gasteiger partial charge in [0, 0.05) is 19.3 Å². The standard InChI is InChI=1S/C23H23N3O6/c1-14-3-7-16(8-4-14)32-17-9-5-15(6-10-17)18(13-20(28)29)24-23(31)25-21-19(27)11-12-26(2)22(21)30/h3-12,18,21H,13H2,1-2H3,(H,28,29)(H2,24,25,31)/t18-,21?/m0/s1. The molecule has 0 radical (unpaired) electrons. The summed E-state index contributed by atoms with van der Waals surface area (Å²) in [5.74, 6) is -1.06. The van der Waals surface area contributed by atoms with E-state index in [1.807, 2.05) is 31.2 Å². The van der Waals surface area contributed by atoms with Gasteiger partial charge in [0.2, 0.25) is 0 Å². The van der Waals surface area contributed by atoms with Gasteiger partial charge >= 0.3 is 12.0 Å². The minimum atomic E-state index is -1.36. The van der Waals surface area contributed by atoms with Crippen LogP contribution in [0.2, 0.25) is 0 Å². The van der Waals surface area contributed by atoms with Crippen molar-refractivity contribution >= 4 is 23.7 Å². The summed E-state index contributed by atoms with van der Waals surface area (Å²) in [6.07, 6.45) is 2.11. The van der Waals surface area contributed by atoms with Crippen LogP contribution in [0.4, 0.5) is 4.79 Å². The van der Waals surface area contributed by atoms with Gasteiger partial charge in [-0.15, -0.1) is 0 Å². The van der Waals surface area contributed by atoms with E-state index in [1.54, 1.807) is 24.3 Å². The zero-order valence-corrected chi connectivity index (χ0v) is 17.6. The topological polar surface area (TPSA) is 125 Å². The van der Waals surface area contributed by atoms with Crippen molar-refractivity contribution in [3.05, 3.63) is 71.9 Å². The molecule has 1 heterocycles. The Hall–Kier alpha value is -4.14. The molecule has 3 rings (SSSR count). The van der Waals surface area contributed by atoms with Gasteiger partial charge in [0.15, 0.2) is 11.8 Å². The molecular weight excluding hydrogens is 414 g/mol. The highest BCUT2D eigenvalue weighted by atomic mass is 16.5. The molecule has 0 saturated carbocycles. The second-order valence-electron chi connectivity index (χ2n) is 7.35. The van der Waals surface area contributed by atoms with Crippen molar-refractivity contribution in [1.82, 2.24) is 15.5 Å². The van der Waals surface area contributed by atoms with Crippen LogP contribution in [0.3, 0.4) is 0 Å². The third-order valence-corrected chi connectivity index (χ3v) is 4.84. The number of amides is 3. The Morgan fingerprint density at radius 2 is 1.66 bits per heavy atom. The normalized spacial score (nSPS) is 16.4. The van der Waals surface area contributed by atoms with E-state index in [1.165, 1.54) is 24.2 Å². The minimum absolute atomic E-state index is 0.391. The maximum Gasteiger partial charge on any atom is 0.316 e. The van der Waals surface area contributed by atoms with Crippen LogP contribution in [-0.4, -0.2) is 46.8 Å². The minimum Gasteiger partial charge on any atom is -0.481 e. The molecule has 3 amide bonds. The van der Waals surface area contributed by atoms with Gasteiger partial charge in [-0.2, -0.15) is 0 Å². The van der Waals surface area contributed by atoms with E-state index >= 15 is 0 Å². The number of benzene rings is 2. The summed E-state index contributed by atoms with van der Waals surface area (Å²) in [6, 6.07) is 11.1. The molecule has 32 heavy (non-hydrogen) atoms. The zero-order valence-electron chi connectivity index (χ0n) is 17.6. The predicted octanol–water partition coefficient (Wildman–Crippen LogP) is 2.53. The fraction of sp³-hybridized carbons (Fsp3) is 0.217. The van der Waals surface area contributed by atoms with E-state index in [9.17, 15) is 24.3 Å². The van der Waals surface area contributed by atoms with E-state index in [2.05, 4.69) is 10.6 Å². The number of likely N-dealkylation sites (N-methyl/N-ethyl adjacent to an activating group) is 1. The Labute approximate surface area is 184 Å². The van der Waals surface area contributed by atoms with Crippen molar-refractivity contribution in [2.45, 2.75) is 25.4 Å². The van der Waals surface area contributed by atoms with E-state index in [0.717, 1.165) is 5.56 Å². The van der Waals surface area contributed by atoms with Crippen molar-refractivity contribution < 1.29 is 29.0 Å². The third-order valence-electron chi connectivity index (χ3n) is 4.84. The van der Waals surface area contributed by atoms with Gasteiger partial charge in [-0.3, -0.25) is 14.4 Å². The van der Waals surface area contributed by atoms with Gasteiger partial charge in [0.25, 0.3) is 5.91 Å². The van der Waals surface area contributed by atoms with Crippen molar-refractivity contribution in [1.29, 1.82) is 0 Å². The number of hydrogen-bond donors (Lipinski definition) is 3. The number of aliphatic carboxylic acids is 1. The number of nitrogens with one attached hydrogen (secondary N) is 2. The Balaban J connectivity index is 1.69. The van der Waals surface area contributed by atoms with Crippen molar-refractivity contribution in [3.8, 4) is 11.5 Å². The Bertz CT molecular complexity index is 1050. The molecule has 9 heteroatoms. The van der Waals surface area contributed by atoms with Crippen LogP contribution in [0.15, 0.2) is 60.8 Å². The molecule has 166 valence electrons. The van der Waals surface area contributed by atoms with Gasteiger partial charge in [0.1, 0.15) is 11.5 Å². The van der Waals surface area contributed by atoms with Gasteiger partial charge in [-0.05, 0) is 36.8 Å². The summed E-state index contributed by atoms with van der Waals surface area (Å²) < 4.78 is 5.76. The van der Waals surface area contributed by atoms with Gasteiger partial charge in [0.05, 0.1) is 12.5 Å². The number of carboxylic acids is 1. The molecule has 0 aliphatic carbocycles. The van der Waals surface area contributed by atoms with Crippen LogP contribution in [0, 0.1) is 6.92 Å². The summed E-state index contributed by atoms with van der Waals surface area (Å²) in [6.45, 7) is 1.97. The predicted molar refractivity (Wildman–Crippen MR) is 115 cm³/mol. The molecule has 2 aromatic carbocycles. The lowest BCUT2D eigenvalue weighted by atomic mass is 10.0. The SMILES string of the molecule is Cc1ccc(Oc2ccc([C@H](CC(=O)O)NC(=O)NC3C(=O)C=CN(C)C3=O)cc2)cc1. The maximum atomic E-state index is 12.4. The highest BCUT2D eigenvalue weighted by Crippen LogP contribution is 2.25. The smallest absolute Gasteiger partial charge is 0.316 e. The monoisotopic (exact) mass is 437 g/mol. The fourth-order valence-electron chi connectivity index (χ4n) is 3.08. The lowest BCUT2D eigenvalue weighted by Gasteiger charge is -2.25. The van der Waals surface area contributed by atoms with Crippen LogP contribution in [0.25, 0.3) is 0 Å². The highest BCUT2D eigenvalue weighted by molar-refractivity contribution is 6.14. The summed E-state index contributed by atoms with van der Waals surface area (Å²) >= 11 is 0. The van der Waals surface area contributed by atoms with E-state index in [4.69, 9.17) is 4.74 Å². The van der Waals surface area contributed by atoms with Gasteiger partial charge in [-0.1, -0.05) is 29.8 Å². The molecule has 2 aromatic rings. The number of rotatable bonds is 7. The Morgan fingerprint density at radius 3 is 2.25 bits per heavy atom. The molecule has 0 saturated heterocycles. The third kappa shape index (κ3) is 5.72. The fourth-order valence-corrected chi connectivity index (χ4v) is 3.08. The number of carbonyl (C=O) groups is 4. The summed E-state index contributed by atoms with van der Waals surface area (Å²) in [5, 5.41) is 14.1. The van der Waals surface area contributed by atoms with E-state index in [-0.39, 0.29) is 0 Å². The molecule has 0 bridgehead atoms. The molecule has 0 spiro atoms. The van der Waals surface area contributed by atoms with Crippen molar-refractivity contribution in [2.24, 2.45) is 0 Å². The van der Waals surface area contributed by atoms with Crippen LogP contribution in [-0.2, 0) is 14.4 Å². The van der Waals surface area contributed by atoms with Crippen molar-refractivity contribution in [2.75, 3.05) is 7.05 Å². The van der Waals surface area contributed by atoms with Crippen molar-refractivity contribution in [3.63, 3.8) is 0 Å². The van der Waals surface area contributed by atoms with E-state index in [0.29, 0.717) is 17.1 Å². The van der Waals surface area contributed by atoms with Gasteiger partial charge < -0.3 is 25.4 Å². The lowest BCUT2D eigenvalue weighted by Crippen LogP contribution is -2.55. The van der Waals surface area contributed by atoms with Crippen LogP contribution < -0.4 is 15.4 Å². The summed E-state index contributed by atoms with van der Waals surface area (Å²) in [4.78, 5) is 49.0. The quantitative estimate of drug-likeness (QED) is 0.572. The molecule has 0 aromatic heterocycles. The first-order chi connectivity index (χ1) is 15.2. The average Bonchev–Trinajstić information content (AvgIpc) is 2.75. The molecule has 1 aliphatic rings. The number of hydrogen-bond acceptors (Lipinski definition) is 5. The average molecular weight is 437 g/mol. The van der Waals surface area contributed by atoms with Crippen LogP contribution in [0.1, 0.15) is 23.6 Å². The number of urea groups is 1. The largest absolute Gasteiger partial charge is 0.481 e. The summed E-state index contributed by atoms with van der Waals surface area (Å²) in [5.41, 5.74) is 1.63. The van der Waals surface area contributed by atoms with Gasteiger partial charge in [-0.25, -0.2) is 4.79 Å². The second-order valence-corrected chi connectivity index (χ2v) is 7.35. The maximum absolute atomic E-state index is 12.4. The number of nitrogens with zero attached hydrogens (tertiary/aromatic N) is 1. The summed E-state index contributed by atoms with van der Waals surface area (Å²) in [7, 11) is 1.46. The second kappa shape index (κ2) is 9.78. The number of ether oxygens (including phenoxy) is 1. The zero-order chi connectivity index (χ0) is 23.3. The van der Waals surface area contributed by atoms with E-state index < -0.39 is 42.2 Å². The molecule has 0 fully saturated rings. The molecule has 3 N–H and O–H groups in total. The lowest BCUT2D eigenvalue weighted by molar-refractivity contribution is -0.138. The molecule has 9 nitrogen and oxygen atoms in total. The van der Waals surface area contributed by atoms with Crippen LogP contribution >= 0.6 is 0 Å². The van der Waals surface area contributed by atoms with Crippen LogP contribution in [0.5, 0.6) is 11.5 Å². The Kier molecular flexibility index (Phi) is 6.89. The number of carbonyl (C=O) groups excluding carboxylic acids is 3. The Morgan fingerprint density at radius 1 is 1.06 bits per heavy atom. The first-order valence-corrected chi connectivity index (χ1v) is 9.85. The molecule has 2 atom stereocenters. The molecular formula is C23H23N3O6. The molecule has 1 aliphatic heterocycles. The molecule has 1 unspecified atom stereocenters. The number of aryl methyl sites for hydroxylation is 1. The first-order valence-electron chi connectivity index (χ1n) is 9.85.